The van der Waals surface area contributed by atoms with Crippen molar-refractivity contribution in [3.05, 3.63) is 36.4 Å². The summed E-state index contributed by atoms with van der Waals surface area (Å²) in [5.74, 6) is 1.87. The average Bonchev–Trinajstić information content (AvgIpc) is 2.48. The van der Waals surface area contributed by atoms with Crippen molar-refractivity contribution in [1.29, 1.82) is 0 Å². The van der Waals surface area contributed by atoms with Gasteiger partial charge in [-0.15, -0.1) is 0 Å². The highest BCUT2D eigenvalue weighted by molar-refractivity contribution is 5.62. The number of piperazine rings is 1. The largest absolute Gasteiger partial charge is 0.396 e. The predicted octanol–water partition coefficient (Wildman–Crippen LogP) is 1.09. The summed E-state index contributed by atoms with van der Waals surface area (Å²) in [7, 11) is 0. The molecule has 20 heavy (non-hydrogen) atoms. The van der Waals surface area contributed by atoms with Crippen LogP contribution in [0.2, 0.25) is 0 Å². The molecule has 1 saturated heterocycles. The van der Waals surface area contributed by atoms with Crippen molar-refractivity contribution in [3.8, 4) is 0 Å². The minimum Gasteiger partial charge on any atom is -0.396 e. The monoisotopic (exact) mass is 270 g/mol. The molecule has 3 rings (SSSR count). The molecule has 6 heteroatoms. The topological polar surface area (TPSA) is 71.2 Å². The molecule has 0 radical (unpaired) electrons. The van der Waals surface area contributed by atoms with Crippen molar-refractivity contribution in [2.45, 2.75) is 6.92 Å². The van der Waals surface area contributed by atoms with Gasteiger partial charge in [-0.1, -0.05) is 0 Å². The lowest BCUT2D eigenvalue weighted by Crippen LogP contribution is -2.47. The van der Waals surface area contributed by atoms with Crippen LogP contribution in [0.3, 0.4) is 0 Å². The Hall–Kier alpha value is -2.37. The molecular weight excluding hydrogens is 252 g/mol. The van der Waals surface area contributed by atoms with Crippen LogP contribution in [0.15, 0.2) is 30.7 Å². The molecule has 0 amide bonds. The van der Waals surface area contributed by atoms with Gasteiger partial charge in [0.05, 0.1) is 5.69 Å². The molecule has 0 aliphatic carbocycles. The third-order valence-corrected chi connectivity index (χ3v) is 3.51. The second-order valence-electron chi connectivity index (χ2n) is 4.91. The van der Waals surface area contributed by atoms with Crippen LogP contribution in [0, 0.1) is 6.92 Å². The molecule has 0 atom stereocenters. The second kappa shape index (κ2) is 5.32. The van der Waals surface area contributed by atoms with Crippen molar-refractivity contribution in [2.75, 3.05) is 41.7 Å². The Labute approximate surface area is 118 Å². The van der Waals surface area contributed by atoms with Gasteiger partial charge in [-0.2, -0.15) is 0 Å². The highest BCUT2D eigenvalue weighted by Crippen LogP contribution is 2.22. The smallest absolute Gasteiger partial charge is 0.151 e. The summed E-state index contributed by atoms with van der Waals surface area (Å²) in [5, 5.41) is 0. The van der Waals surface area contributed by atoms with Gasteiger partial charge in [0.25, 0.3) is 0 Å². The normalized spacial score (nSPS) is 15.4. The maximum Gasteiger partial charge on any atom is 0.151 e. The molecule has 1 fully saturated rings. The lowest BCUT2D eigenvalue weighted by Gasteiger charge is -2.36. The van der Waals surface area contributed by atoms with E-state index in [2.05, 4.69) is 24.8 Å². The molecule has 1 aliphatic heterocycles. The number of rotatable bonds is 2. The minimum absolute atomic E-state index is 0.735. The average molecular weight is 270 g/mol. The zero-order chi connectivity index (χ0) is 13.9. The third kappa shape index (κ3) is 2.49. The zero-order valence-electron chi connectivity index (χ0n) is 11.5. The first-order valence-corrected chi connectivity index (χ1v) is 6.73. The van der Waals surface area contributed by atoms with Crippen molar-refractivity contribution in [3.63, 3.8) is 0 Å². The highest BCUT2D eigenvalue weighted by atomic mass is 15.3. The van der Waals surface area contributed by atoms with Crippen molar-refractivity contribution < 1.29 is 0 Å². The fourth-order valence-electron chi connectivity index (χ4n) is 2.43. The van der Waals surface area contributed by atoms with Gasteiger partial charge in [-0.05, 0) is 19.1 Å². The molecule has 2 aromatic heterocycles. The van der Waals surface area contributed by atoms with E-state index in [-0.39, 0.29) is 0 Å². The first-order chi connectivity index (χ1) is 9.74. The lowest BCUT2D eigenvalue weighted by molar-refractivity contribution is 0.641. The predicted molar refractivity (Wildman–Crippen MR) is 79.8 cm³/mol. The van der Waals surface area contributed by atoms with Gasteiger partial charge in [0.1, 0.15) is 12.1 Å². The van der Waals surface area contributed by atoms with Crippen molar-refractivity contribution in [1.82, 2.24) is 15.0 Å². The summed E-state index contributed by atoms with van der Waals surface area (Å²) < 4.78 is 0. The maximum atomic E-state index is 5.98. The molecule has 3 heterocycles. The van der Waals surface area contributed by atoms with Crippen LogP contribution >= 0.6 is 0 Å². The number of nitrogens with zero attached hydrogens (tertiary/aromatic N) is 5. The number of hydrogen-bond donors (Lipinski definition) is 1. The van der Waals surface area contributed by atoms with E-state index < -0.39 is 0 Å². The Balaban J connectivity index is 1.70. The van der Waals surface area contributed by atoms with E-state index >= 15 is 0 Å². The molecule has 6 nitrogen and oxygen atoms in total. The Morgan fingerprint density at radius 1 is 1.05 bits per heavy atom. The Kier molecular flexibility index (Phi) is 3.37. The van der Waals surface area contributed by atoms with Gasteiger partial charge >= 0.3 is 0 Å². The molecule has 0 unspecified atom stereocenters. The quantitative estimate of drug-likeness (QED) is 0.880. The van der Waals surface area contributed by atoms with Crippen LogP contribution in [-0.4, -0.2) is 41.1 Å². The maximum absolute atomic E-state index is 5.98. The van der Waals surface area contributed by atoms with Crippen LogP contribution in [0.25, 0.3) is 0 Å². The third-order valence-electron chi connectivity index (χ3n) is 3.51. The van der Waals surface area contributed by atoms with Gasteiger partial charge in [0, 0.05) is 44.1 Å². The van der Waals surface area contributed by atoms with E-state index in [4.69, 9.17) is 5.73 Å². The van der Waals surface area contributed by atoms with E-state index in [1.807, 2.05) is 25.1 Å². The fraction of sp³-hybridized carbons (Fsp3) is 0.357. The molecule has 0 spiro atoms. The van der Waals surface area contributed by atoms with Crippen LogP contribution in [0.4, 0.5) is 17.3 Å². The first-order valence-electron chi connectivity index (χ1n) is 6.73. The number of pyridine rings is 1. The summed E-state index contributed by atoms with van der Waals surface area (Å²) in [6, 6.07) is 5.77. The van der Waals surface area contributed by atoms with Crippen LogP contribution in [0.1, 0.15) is 5.69 Å². The molecule has 2 N–H and O–H groups in total. The highest BCUT2D eigenvalue weighted by Gasteiger charge is 2.20. The first kappa shape index (κ1) is 12.7. The molecule has 0 bridgehead atoms. The molecule has 2 aromatic rings. The Morgan fingerprint density at radius 3 is 2.50 bits per heavy atom. The summed E-state index contributed by atoms with van der Waals surface area (Å²) >= 11 is 0. The number of hydrogen-bond acceptors (Lipinski definition) is 6. The molecule has 0 aromatic carbocycles. The van der Waals surface area contributed by atoms with Crippen LogP contribution in [0.5, 0.6) is 0 Å². The van der Waals surface area contributed by atoms with Gasteiger partial charge in [-0.25, -0.2) is 15.0 Å². The van der Waals surface area contributed by atoms with Crippen molar-refractivity contribution >= 4 is 17.3 Å². The summed E-state index contributed by atoms with van der Waals surface area (Å²) in [4.78, 5) is 17.3. The number of nitrogen functional groups attached to an aromatic ring is 1. The van der Waals surface area contributed by atoms with Gasteiger partial charge < -0.3 is 15.5 Å². The van der Waals surface area contributed by atoms with E-state index in [0.29, 0.717) is 0 Å². The van der Waals surface area contributed by atoms with Crippen LogP contribution < -0.4 is 15.5 Å². The van der Waals surface area contributed by atoms with Gasteiger partial charge in [0.15, 0.2) is 5.82 Å². The lowest BCUT2D eigenvalue weighted by atomic mass is 10.2. The van der Waals surface area contributed by atoms with Gasteiger partial charge in [-0.3, -0.25) is 0 Å². The molecule has 104 valence electrons. The number of aromatic nitrogens is 3. The molecule has 1 aliphatic rings. The fourth-order valence-corrected chi connectivity index (χ4v) is 2.43. The summed E-state index contributed by atoms with van der Waals surface area (Å²) in [5.41, 5.74) is 7.71. The van der Waals surface area contributed by atoms with E-state index in [0.717, 1.165) is 49.2 Å². The zero-order valence-corrected chi connectivity index (χ0v) is 11.5. The number of aryl methyl sites for hydroxylation is 1. The standard InChI is InChI=1S/C14H18N6/c1-11-9-13(18-10-17-11)19-5-7-20(8-6-19)14-12(15)3-2-4-16-14/h2-4,9-10H,5-8,15H2,1H3. The summed E-state index contributed by atoms with van der Waals surface area (Å²) in [6.07, 6.45) is 3.40. The Morgan fingerprint density at radius 2 is 1.80 bits per heavy atom. The van der Waals surface area contributed by atoms with Gasteiger partial charge in [0.2, 0.25) is 0 Å². The minimum atomic E-state index is 0.735. The van der Waals surface area contributed by atoms with Crippen molar-refractivity contribution in [2.24, 2.45) is 0 Å². The van der Waals surface area contributed by atoms with Crippen LogP contribution in [-0.2, 0) is 0 Å². The molecule has 0 saturated carbocycles. The van der Waals surface area contributed by atoms with E-state index in [1.54, 1.807) is 12.5 Å². The number of anilines is 3. The SMILES string of the molecule is Cc1cc(N2CCN(c3ncccc3N)CC2)ncn1. The second-order valence-corrected chi connectivity index (χ2v) is 4.91. The summed E-state index contributed by atoms with van der Waals surface area (Å²) in [6.45, 7) is 5.59. The Bertz CT molecular complexity index is 592. The number of nitrogens with two attached hydrogens (primary N) is 1. The molecular formula is C14H18N6. The van der Waals surface area contributed by atoms with E-state index in [9.17, 15) is 0 Å². The van der Waals surface area contributed by atoms with E-state index in [1.165, 1.54) is 0 Å².